The minimum atomic E-state index is -0.144. The van der Waals surface area contributed by atoms with E-state index in [1.54, 1.807) is 0 Å². The molecule has 0 radical (unpaired) electrons. The van der Waals surface area contributed by atoms with E-state index in [9.17, 15) is 4.79 Å². The Morgan fingerprint density at radius 2 is 2.31 bits per heavy atom. The third kappa shape index (κ3) is 4.43. The summed E-state index contributed by atoms with van der Waals surface area (Å²) in [7, 11) is 0. The van der Waals surface area contributed by atoms with Gasteiger partial charge in [-0.25, -0.2) is 0 Å². The predicted octanol–water partition coefficient (Wildman–Crippen LogP) is 1.15. The highest BCUT2D eigenvalue weighted by molar-refractivity contribution is 9.11. The van der Waals surface area contributed by atoms with Gasteiger partial charge in [-0.3, -0.25) is 4.79 Å². The molecule has 0 saturated heterocycles. The summed E-state index contributed by atoms with van der Waals surface area (Å²) in [6, 6.07) is 0.291. The van der Waals surface area contributed by atoms with Crippen LogP contribution in [0.5, 0.6) is 0 Å². The molecular formula is C9H15BrN2O. The summed E-state index contributed by atoms with van der Waals surface area (Å²) in [6.45, 7) is 6.16. The Bertz CT molecular complexity index is 214. The zero-order valence-electron chi connectivity index (χ0n) is 7.77. The zero-order valence-corrected chi connectivity index (χ0v) is 9.36. The highest BCUT2D eigenvalue weighted by Gasteiger charge is 2.25. The summed E-state index contributed by atoms with van der Waals surface area (Å²) >= 11 is 3.23. The van der Waals surface area contributed by atoms with Crippen LogP contribution in [0.25, 0.3) is 0 Å². The Balaban J connectivity index is 2.16. The smallest absolute Gasteiger partial charge is 0.237 e. The maximum Gasteiger partial charge on any atom is 0.237 e. The Labute approximate surface area is 87.1 Å². The quantitative estimate of drug-likeness (QED) is 0.765. The largest absolute Gasteiger partial charge is 0.352 e. The van der Waals surface area contributed by atoms with E-state index in [1.807, 2.05) is 6.92 Å². The maximum absolute atomic E-state index is 11.4. The molecule has 0 heterocycles. The molecule has 0 aromatic heterocycles. The molecule has 1 aliphatic rings. The van der Waals surface area contributed by atoms with Gasteiger partial charge in [-0.2, -0.15) is 0 Å². The van der Waals surface area contributed by atoms with Crippen molar-refractivity contribution in [3.8, 4) is 0 Å². The van der Waals surface area contributed by atoms with Gasteiger partial charge in [0.05, 0.1) is 6.04 Å². The molecule has 2 N–H and O–H groups in total. The SMILES string of the molecule is C=C(Br)CNC(C)C(=O)NC1CC1. The topological polar surface area (TPSA) is 41.1 Å². The molecule has 1 rings (SSSR count). The van der Waals surface area contributed by atoms with Gasteiger partial charge in [0.15, 0.2) is 0 Å². The lowest BCUT2D eigenvalue weighted by molar-refractivity contribution is -0.122. The standard InChI is InChI=1S/C9H15BrN2O/c1-6(10)5-11-7(2)9(13)12-8-3-4-8/h7-8,11H,1,3-5H2,2H3,(H,12,13). The highest BCUT2D eigenvalue weighted by atomic mass is 79.9. The molecule has 0 aromatic rings. The van der Waals surface area contributed by atoms with Gasteiger partial charge in [-0.15, -0.1) is 0 Å². The maximum atomic E-state index is 11.4. The van der Waals surface area contributed by atoms with Crippen molar-refractivity contribution in [2.24, 2.45) is 0 Å². The number of hydrogen-bond acceptors (Lipinski definition) is 2. The molecule has 1 saturated carbocycles. The van der Waals surface area contributed by atoms with Crippen LogP contribution >= 0.6 is 15.9 Å². The predicted molar refractivity (Wildman–Crippen MR) is 56.7 cm³/mol. The summed E-state index contributed by atoms with van der Waals surface area (Å²) in [4.78, 5) is 11.4. The van der Waals surface area contributed by atoms with Crippen molar-refractivity contribution in [3.05, 3.63) is 11.1 Å². The molecule has 1 amide bonds. The van der Waals surface area contributed by atoms with E-state index in [4.69, 9.17) is 0 Å². The Hall–Kier alpha value is -0.350. The van der Waals surface area contributed by atoms with Crippen LogP contribution in [0, 0.1) is 0 Å². The monoisotopic (exact) mass is 246 g/mol. The fourth-order valence-corrected chi connectivity index (χ4v) is 1.07. The van der Waals surface area contributed by atoms with Crippen molar-refractivity contribution >= 4 is 21.8 Å². The summed E-state index contributed by atoms with van der Waals surface area (Å²) in [5.74, 6) is 0.0799. The Morgan fingerprint density at radius 1 is 1.69 bits per heavy atom. The van der Waals surface area contributed by atoms with E-state index >= 15 is 0 Å². The number of hydrogen-bond donors (Lipinski definition) is 2. The molecule has 0 aliphatic heterocycles. The molecule has 1 aliphatic carbocycles. The van der Waals surface area contributed by atoms with E-state index in [0.717, 1.165) is 17.3 Å². The lowest BCUT2D eigenvalue weighted by Gasteiger charge is -2.12. The lowest BCUT2D eigenvalue weighted by Crippen LogP contribution is -2.43. The number of nitrogens with one attached hydrogen (secondary N) is 2. The number of carbonyl (C=O) groups excluding carboxylic acids is 1. The minimum absolute atomic E-state index is 0.0799. The van der Waals surface area contributed by atoms with E-state index in [1.165, 1.54) is 0 Å². The van der Waals surface area contributed by atoms with Crippen molar-refractivity contribution in [3.63, 3.8) is 0 Å². The van der Waals surface area contributed by atoms with Gasteiger partial charge in [-0.05, 0) is 19.8 Å². The van der Waals surface area contributed by atoms with Gasteiger partial charge in [0.25, 0.3) is 0 Å². The average Bonchev–Trinajstić information content (AvgIpc) is 2.83. The average molecular weight is 247 g/mol. The summed E-state index contributed by atoms with van der Waals surface area (Å²) < 4.78 is 0.860. The van der Waals surface area contributed by atoms with Gasteiger partial charge in [0.1, 0.15) is 0 Å². The third-order valence-corrected chi connectivity index (χ3v) is 2.20. The first-order valence-corrected chi connectivity index (χ1v) is 5.26. The van der Waals surface area contributed by atoms with Crippen molar-refractivity contribution in [2.75, 3.05) is 6.54 Å². The summed E-state index contributed by atoms with van der Waals surface area (Å²) in [5, 5.41) is 5.99. The molecule has 0 spiro atoms. The fourth-order valence-electron chi connectivity index (χ4n) is 0.910. The van der Waals surface area contributed by atoms with Crippen molar-refractivity contribution in [1.82, 2.24) is 10.6 Å². The zero-order chi connectivity index (χ0) is 9.84. The van der Waals surface area contributed by atoms with Gasteiger partial charge in [0, 0.05) is 17.1 Å². The Kier molecular flexibility index (Phi) is 3.93. The number of amides is 1. The van der Waals surface area contributed by atoms with Crippen LogP contribution in [-0.2, 0) is 4.79 Å². The molecule has 13 heavy (non-hydrogen) atoms. The second-order valence-corrected chi connectivity index (χ2v) is 4.52. The molecule has 3 nitrogen and oxygen atoms in total. The van der Waals surface area contributed by atoms with Crippen LogP contribution in [0.15, 0.2) is 11.1 Å². The number of carbonyl (C=O) groups is 1. The summed E-state index contributed by atoms with van der Waals surface area (Å²) in [6.07, 6.45) is 2.26. The van der Waals surface area contributed by atoms with Crippen LogP contribution in [0.1, 0.15) is 19.8 Å². The first-order valence-electron chi connectivity index (χ1n) is 4.46. The van der Waals surface area contributed by atoms with Gasteiger partial charge < -0.3 is 10.6 Å². The van der Waals surface area contributed by atoms with Crippen molar-refractivity contribution in [2.45, 2.75) is 31.8 Å². The first-order chi connectivity index (χ1) is 6.09. The fraction of sp³-hybridized carbons (Fsp3) is 0.667. The van der Waals surface area contributed by atoms with E-state index in [2.05, 4.69) is 33.1 Å². The number of halogens is 1. The van der Waals surface area contributed by atoms with Gasteiger partial charge >= 0.3 is 0 Å². The molecule has 0 aromatic carbocycles. The van der Waals surface area contributed by atoms with Crippen LogP contribution in [0.3, 0.4) is 0 Å². The molecule has 0 bridgehead atoms. The molecule has 1 unspecified atom stereocenters. The molecular weight excluding hydrogens is 232 g/mol. The van der Waals surface area contributed by atoms with Crippen LogP contribution in [0.4, 0.5) is 0 Å². The van der Waals surface area contributed by atoms with Gasteiger partial charge in [-0.1, -0.05) is 22.5 Å². The first kappa shape index (κ1) is 10.7. The normalized spacial score (nSPS) is 18.0. The second-order valence-electron chi connectivity index (χ2n) is 3.40. The molecule has 1 fully saturated rings. The van der Waals surface area contributed by atoms with Gasteiger partial charge in [0.2, 0.25) is 5.91 Å². The molecule has 4 heteroatoms. The van der Waals surface area contributed by atoms with Crippen molar-refractivity contribution < 1.29 is 4.79 Å². The number of rotatable bonds is 5. The van der Waals surface area contributed by atoms with E-state index < -0.39 is 0 Å². The van der Waals surface area contributed by atoms with E-state index in [0.29, 0.717) is 12.6 Å². The summed E-state index contributed by atoms with van der Waals surface area (Å²) in [5.41, 5.74) is 0. The lowest BCUT2D eigenvalue weighted by atomic mass is 10.3. The van der Waals surface area contributed by atoms with Crippen LogP contribution in [0.2, 0.25) is 0 Å². The second kappa shape index (κ2) is 4.77. The van der Waals surface area contributed by atoms with E-state index in [-0.39, 0.29) is 11.9 Å². The molecule has 74 valence electrons. The van der Waals surface area contributed by atoms with Crippen LogP contribution < -0.4 is 10.6 Å². The Morgan fingerprint density at radius 3 is 2.77 bits per heavy atom. The minimum Gasteiger partial charge on any atom is -0.352 e. The third-order valence-electron chi connectivity index (χ3n) is 1.92. The van der Waals surface area contributed by atoms with Crippen molar-refractivity contribution in [1.29, 1.82) is 0 Å². The molecule has 1 atom stereocenters. The highest BCUT2D eigenvalue weighted by Crippen LogP contribution is 2.18. The van der Waals surface area contributed by atoms with Crippen LogP contribution in [-0.4, -0.2) is 24.5 Å².